The van der Waals surface area contributed by atoms with Gasteiger partial charge in [0, 0.05) is 18.7 Å². The summed E-state index contributed by atoms with van der Waals surface area (Å²) in [5.41, 5.74) is 1.94. The number of rotatable bonds is 6. The molecule has 0 saturated heterocycles. The highest BCUT2D eigenvalue weighted by molar-refractivity contribution is 5.28. The lowest BCUT2D eigenvalue weighted by atomic mass is 10.1. The monoisotopic (exact) mass is 247 g/mol. The predicted octanol–water partition coefficient (Wildman–Crippen LogP) is 2.11. The van der Waals surface area contributed by atoms with Crippen LogP contribution in [0.25, 0.3) is 0 Å². The third-order valence-corrected chi connectivity index (χ3v) is 2.75. The van der Waals surface area contributed by atoms with E-state index in [1.54, 1.807) is 19.6 Å². The number of methoxy groups -OCH3 is 1. The summed E-state index contributed by atoms with van der Waals surface area (Å²) in [5.74, 6) is 0.789. The van der Waals surface area contributed by atoms with Crippen LogP contribution in [-0.4, -0.2) is 18.8 Å². The summed E-state index contributed by atoms with van der Waals surface area (Å²) < 4.78 is 10.0. The quantitative estimate of drug-likeness (QED) is 0.821. The summed E-state index contributed by atoms with van der Waals surface area (Å²) in [5, 5.41) is 13.2. The summed E-state index contributed by atoms with van der Waals surface area (Å²) in [4.78, 5) is 0. The number of hydrogen-bond acceptors (Lipinski definition) is 4. The van der Waals surface area contributed by atoms with Gasteiger partial charge in [0.25, 0.3) is 0 Å². The van der Waals surface area contributed by atoms with E-state index < -0.39 is 6.10 Å². The van der Waals surface area contributed by atoms with Crippen molar-refractivity contribution < 1.29 is 14.3 Å². The van der Waals surface area contributed by atoms with Crippen LogP contribution in [0.2, 0.25) is 0 Å². The molecule has 1 aromatic carbocycles. The van der Waals surface area contributed by atoms with Crippen molar-refractivity contribution in [2.24, 2.45) is 0 Å². The van der Waals surface area contributed by atoms with Gasteiger partial charge in [0.2, 0.25) is 0 Å². The van der Waals surface area contributed by atoms with Crippen LogP contribution in [0.15, 0.2) is 47.3 Å². The van der Waals surface area contributed by atoms with E-state index in [1.165, 1.54) is 0 Å². The van der Waals surface area contributed by atoms with E-state index in [0.29, 0.717) is 13.1 Å². The van der Waals surface area contributed by atoms with Crippen molar-refractivity contribution in [3.63, 3.8) is 0 Å². The highest BCUT2D eigenvalue weighted by Gasteiger charge is 2.07. The number of benzene rings is 1. The minimum atomic E-state index is -0.525. The van der Waals surface area contributed by atoms with E-state index in [4.69, 9.17) is 9.15 Å². The lowest BCUT2D eigenvalue weighted by Gasteiger charge is -2.12. The SMILES string of the molecule is COc1ccc(C(O)CNCc2ccoc2)cc1. The molecule has 0 aliphatic carbocycles. The number of hydrogen-bond donors (Lipinski definition) is 2. The molecule has 1 heterocycles. The fourth-order valence-corrected chi connectivity index (χ4v) is 1.69. The minimum absolute atomic E-state index is 0.498. The first-order chi connectivity index (χ1) is 8.79. The van der Waals surface area contributed by atoms with E-state index in [9.17, 15) is 5.11 Å². The zero-order valence-corrected chi connectivity index (χ0v) is 10.3. The van der Waals surface area contributed by atoms with Gasteiger partial charge in [-0.3, -0.25) is 0 Å². The molecular formula is C14H17NO3. The van der Waals surface area contributed by atoms with Crippen LogP contribution in [0, 0.1) is 0 Å². The molecule has 18 heavy (non-hydrogen) atoms. The van der Waals surface area contributed by atoms with E-state index in [2.05, 4.69) is 5.32 Å². The summed E-state index contributed by atoms with van der Waals surface area (Å²) in [6.45, 7) is 1.18. The average Bonchev–Trinajstić information content (AvgIpc) is 2.92. The molecule has 0 aliphatic rings. The van der Waals surface area contributed by atoms with Gasteiger partial charge in [-0.25, -0.2) is 0 Å². The fourth-order valence-electron chi connectivity index (χ4n) is 1.69. The molecule has 0 bridgehead atoms. The third kappa shape index (κ3) is 3.35. The van der Waals surface area contributed by atoms with Crippen LogP contribution in [0.3, 0.4) is 0 Å². The zero-order chi connectivity index (χ0) is 12.8. The van der Waals surface area contributed by atoms with Gasteiger partial charge in [0.05, 0.1) is 25.7 Å². The molecule has 0 fully saturated rings. The first-order valence-electron chi connectivity index (χ1n) is 5.83. The van der Waals surface area contributed by atoms with Crippen LogP contribution < -0.4 is 10.1 Å². The largest absolute Gasteiger partial charge is 0.497 e. The van der Waals surface area contributed by atoms with Crippen molar-refractivity contribution >= 4 is 0 Å². The Morgan fingerprint density at radius 1 is 1.28 bits per heavy atom. The van der Waals surface area contributed by atoms with Gasteiger partial charge < -0.3 is 19.6 Å². The maximum atomic E-state index is 9.99. The molecule has 2 rings (SSSR count). The number of aliphatic hydroxyl groups excluding tert-OH is 1. The number of furan rings is 1. The van der Waals surface area contributed by atoms with Gasteiger partial charge in [0.15, 0.2) is 0 Å². The molecule has 4 nitrogen and oxygen atoms in total. The molecule has 1 atom stereocenters. The summed E-state index contributed by atoms with van der Waals surface area (Å²) in [6, 6.07) is 9.31. The lowest BCUT2D eigenvalue weighted by molar-refractivity contribution is 0.174. The third-order valence-electron chi connectivity index (χ3n) is 2.75. The molecule has 1 aromatic heterocycles. The van der Waals surface area contributed by atoms with Crippen LogP contribution in [-0.2, 0) is 6.54 Å². The summed E-state index contributed by atoms with van der Waals surface area (Å²) in [6.07, 6.45) is 2.80. The van der Waals surface area contributed by atoms with E-state index in [1.807, 2.05) is 30.3 Å². The van der Waals surface area contributed by atoms with Gasteiger partial charge in [0.1, 0.15) is 5.75 Å². The van der Waals surface area contributed by atoms with E-state index >= 15 is 0 Å². The molecular weight excluding hydrogens is 230 g/mol. The Bertz CT molecular complexity index is 450. The zero-order valence-electron chi connectivity index (χ0n) is 10.3. The van der Waals surface area contributed by atoms with Crippen LogP contribution >= 0.6 is 0 Å². The molecule has 4 heteroatoms. The first kappa shape index (κ1) is 12.7. The molecule has 0 saturated carbocycles. The van der Waals surface area contributed by atoms with Crippen molar-refractivity contribution in [2.45, 2.75) is 12.6 Å². The van der Waals surface area contributed by atoms with Crippen molar-refractivity contribution in [1.82, 2.24) is 5.32 Å². The summed E-state index contributed by atoms with van der Waals surface area (Å²) >= 11 is 0. The first-order valence-corrected chi connectivity index (χ1v) is 5.83. The second-order valence-corrected chi connectivity index (χ2v) is 4.05. The topological polar surface area (TPSA) is 54.6 Å². The van der Waals surface area contributed by atoms with Gasteiger partial charge in [-0.1, -0.05) is 12.1 Å². The Hall–Kier alpha value is -1.78. The van der Waals surface area contributed by atoms with Crippen molar-refractivity contribution in [2.75, 3.05) is 13.7 Å². The second-order valence-electron chi connectivity index (χ2n) is 4.05. The van der Waals surface area contributed by atoms with Gasteiger partial charge in [-0.2, -0.15) is 0 Å². The Morgan fingerprint density at radius 3 is 2.67 bits per heavy atom. The highest BCUT2D eigenvalue weighted by atomic mass is 16.5. The highest BCUT2D eigenvalue weighted by Crippen LogP contribution is 2.17. The predicted molar refractivity (Wildman–Crippen MR) is 68.4 cm³/mol. The van der Waals surface area contributed by atoms with E-state index in [0.717, 1.165) is 16.9 Å². The van der Waals surface area contributed by atoms with Crippen LogP contribution in [0.4, 0.5) is 0 Å². The van der Waals surface area contributed by atoms with Crippen molar-refractivity contribution in [3.8, 4) is 5.75 Å². The fraction of sp³-hybridized carbons (Fsp3) is 0.286. The Balaban J connectivity index is 1.81. The minimum Gasteiger partial charge on any atom is -0.497 e. The molecule has 0 amide bonds. The molecule has 2 aromatic rings. The second kappa shape index (κ2) is 6.23. The standard InChI is InChI=1S/C14H17NO3/c1-17-13-4-2-12(3-5-13)14(16)9-15-8-11-6-7-18-10-11/h2-7,10,14-16H,8-9H2,1H3. The van der Waals surface area contributed by atoms with Crippen LogP contribution in [0.5, 0.6) is 5.75 Å². The maximum absolute atomic E-state index is 9.99. The number of nitrogens with one attached hydrogen (secondary N) is 1. The molecule has 1 unspecified atom stereocenters. The Kier molecular flexibility index (Phi) is 4.39. The van der Waals surface area contributed by atoms with Gasteiger partial charge in [-0.15, -0.1) is 0 Å². The van der Waals surface area contributed by atoms with Crippen molar-refractivity contribution in [3.05, 3.63) is 54.0 Å². The summed E-state index contributed by atoms with van der Waals surface area (Å²) in [7, 11) is 1.62. The van der Waals surface area contributed by atoms with E-state index in [-0.39, 0.29) is 0 Å². The van der Waals surface area contributed by atoms with Gasteiger partial charge in [-0.05, 0) is 23.8 Å². The van der Waals surface area contributed by atoms with Crippen LogP contribution in [0.1, 0.15) is 17.2 Å². The smallest absolute Gasteiger partial charge is 0.118 e. The molecule has 96 valence electrons. The molecule has 0 aliphatic heterocycles. The lowest BCUT2D eigenvalue weighted by Crippen LogP contribution is -2.20. The molecule has 2 N–H and O–H groups in total. The van der Waals surface area contributed by atoms with Crippen molar-refractivity contribution in [1.29, 1.82) is 0 Å². The average molecular weight is 247 g/mol. The number of ether oxygens (including phenoxy) is 1. The Morgan fingerprint density at radius 2 is 2.06 bits per heavy atom. The number of aliphatic hydroxyl groups is 1. The molecule has 0 radical (unpaired) electrons. The maximum Gasteiger partial charge on any atom is 0.118 e. The van der Waals surface area contributed by atoms with Gasteiger partial charge >= 0.3 is 0 Å². The normalized spacial score (nSPS) is 12.3. The Labute approximate surface area is 106 Å². The molecule has 0 spiro atoms.